The van der Waals surface area contributed by atoms with E-state index >= 15 is 0 Å². The topological polar surface area (TPSA) is 42.7 Å². The summed E-state index contributed by atoms with van der Waals surface area (Å²) in [6.45, 7) is 2.21. The number of nitrogens with one attached hydrogen (secondary N) is 1. The number of aryl methyl sites for hydroxylation is 1. The molecule has 1 atom stereocenters. The largest absolute Gasteiger partial charge is 0.318 e. The number of rotatable bonds is 1. The molecule has 1 N–H and O–H groups in total. The van der Waals surface area contributed by atoms with E-state index in [0.717, 1.165) is 24.3 Å². The standard InChI is InChI=1S/C12H16N4/c1-16-8-15-11-10(4-6-14-12(11)16)9-3-2-5-13-7-9/h4,6,8-9,13H,2-3,5,7H2,1H3. The van der Waals surface area contributed by atoms with Gasteiger partial charge in [0.15, 0.2) is 5.65 Å². The van der Waals surface area contributed by atoms with E-state index in [0.29, 0.717) is 5.92 Å². The van der Waals surface area contributed by atoms with Crippen molar-refractivity contribution in [2.45, 2.75) is 18.8 Å². The average molecular weight is 216 g/mol. The second-order valence-corrected chi connectivity index (χ2v) is 4.47. The fraction of sp³-hybridized carbons (Fsp3) is 0.500. The van der Waals surface area contributed by atoms with Crippen LogP contribution in [0.15, 0.2) is 18.6 Å². The molecule has 3 rings (SSSR count). The first-order chi connectivity index (χ1) is 7.86. The van der Waals surface area contributed by atoms with Gasteiger partial charge in [-0.1, -0.05) is 0 Å². The Kier molecular flexibility index (Phi) is 2.36. The van der Waals surface area contributed by atoms with Gasteiger partial charge in [0.25, 0.3) is 0 Å². The van der Waals surface area contributed by atoms with Crippen LogP contribution in [0.3, 0.4) is 0 Å². The van der Waals surface area contributed by atoms with Gasteiger partial charge in [0.2, 0.25) is 0 Å². The molecule has 16 heavy (non-hydrogen) atoms. The Morgan fingerprint density at radius 1 is 1.44 bits per heavy atom. The van der Waals surface area contributed by atoms with E-state index in [4.69, 9.17) is 0 Å². The summed E-state index contributed by atoms with van der Waals surface area (Å²) in [5.41, 5.74) is 3.40. The number of hydrogen-bond donors (Lipinski definition) is 1. The molecule has 2 aromatic rings. The van der Waals surface area contributed by atoms with Crippen LogP contribution in [0, 0.1) is 0 Å². The van der Waals surface area contributed by atoms with Crippen molar-refractivity contribution in [2.75, 3.05) is 13.1 Å². The first-order valence-corrected chi connectivity index (χ1v) is 5.83. The minimum atomic E-state index is 0.592. The van der Waals surface area contributed by atoms with Gasteiger partial charge in [-0.2, -0.15) is 0 Å². The fourth-order valence-corrected chi connectivity index (χ4v) is 2.49. The Labute approximate surface area is 94.7 Å². The van der Waals surface area contributed by atoms with Crippen molar-refractivity contribution in [2.24, 2.45) is 7.05 Å². The second-order valence-electron chi connectivity index (χ2n) is 4.47. The van der Waals surface area contributed by atoms with E-state index in [1.165, 1.54) is 18.4 Å². The van der Waals surface area contributed by atoms with Crippen molar-refractivity contribution in [3.8, 4) is 0 Å². The molecule has 0 aromatic carbocycles. The highest BCUT2D eigenvalue weighted by Crippen LogP contribution is 2.27. The summed E-state index contributed by atoms with van der Waals surface area (Å²) in [4.78, 5) is 8.84. The third kappa shape index (κ3) is 1.50. The molecule has 4 nitrogen and oxygen atoms in total. The Balaban J connectivity index is 2.08. The van der Waals surface area contributed by atoms with Crippen LogP contribution < -0.4 is 5.32 Å². The number of imidazole rings is 1. The molecule has 4 heteroatoms. The summed E-state index contributed by atoms with van der Waals surface area (Å²) in [6, 6.07) is 2.12. The average Bonchev–Trinajstić information content (AvgIpc) is 2.73. The van der Waals surface area contributed by atoms with Crippen molar-refractivity contribution in [1.29, 1.82) is 0 Å². The zero-order valence-corrected chi connectivity index (χ0v) is 9.48. The summed E-state index contributed by atoms with van der Waals surface area (Å²) in [7, 11) is 1.99. The Morgan fingerprint density at radius 3 is 3.19 bits per heavy atom. The smallest absolute Gasteiger partial charge is 0.159 e. The van der Waals surface area contributed by atoms with E-state index < -0.39 is 0 Å². The number of hydrogen-bond acceptors (Lipinski definition) is 3. The van der Waals surface area contributed by atoms with Gasteiger partial charge in [-0.25, -0.2) is 9.97 Å². The van der Waals surface area contributed by atoms with Crippen LogP contribution in [0.4, 0.5) is 0 Å². The van der Waals surface area contributed by atoms with E-state index in [9.17, 15) is 0 Å². The Bertz CT molecular complexity index is 497. The quantitative estimate of drug-likeness (QED) is 0.784. The van der Waals surface area contributed by atoms with Gasteiger partial charge in [-0.3, -0.25) is 0 Å². The minimum Gasteiger partial charge on any atom is -0.318 e. The first-order valence-electron chi connectivity index (χ1n) is 5.83. The van der Waals surface area contributed by atoms with Gasteiger partial charge in [0.05, 0.1) is 6.33 Å². The van der Waals surface area contributed by atoms with Gasteiger partial charge in [-0.15, -0.1) is 0 Å². The molecular formula is C12H16N4. The van der Waals surface area contributed by atoms with Crippen LogP contribution >= 0.6 is 0 Å². The molecule has 1 unspecified atom stereocenters. The van der Waals surface area contributed by atoms with E-state index in [-0.39, 0.29) is 0 Å². The fourth-order valence-electron chi connectivity index (χ4n) is 2.49. The lowest BCUT2D eigenvalue weighted by atomic mass is 9.92. The second kappa shape index (κ2) is 3.87. The maximum atomic E-state index is 4.47. The number of pyridine rings is 1. The molecule has 0 aliphatic carbocycles. The number of aromatic nitrogens is 3. The third-order valence-electron chi connectivity index (χ3n) is 3.37. The molecule has 84 valence electrons. The maximum Gasteiger partial charge on any atom is 0.159 e. The highest BCUT2D eigenvalue weighted by molar-refractivity contribution is 5.75. The zero-order chi connectivity index (χ0) is 11.0. The predicted molar refractivity (Wildman–Crippen MR) is 63.4 cm³/mol. The normalized spacial score (nSPS) is 21.4. The van der Waals surface area contributed by atoms with Crippen LogP contribution in [0.5, 0.6) is 0 Å². The van der Waals surface area contributed by atoms with E-state index in [1.807, 2.05) is 24.1 Å². The van der Waals surface area contributed by atoms with Gasteiger partial charge in [-0.05, 0) is 36.9 Å². The molecule has 0 bridgehead atoms. The SMILES string of the molecule is Cn1cnc2c(C3CCCNC3)ccnc21. The van der Waals surface area contributed by atoms with Gasteiger partial charge >= 0.3 is 0 Å². The minimum absolute atomic E-state index is 0.592. The molecule has 0 amide bonds. The number of piperidine rings is 1. The summed E-state index contributed by atoms with van der Waals surface area (Å²) >= 11 is 0. The maximum absolute atomic E-state index is 4.47. The molecule has 1 fully saturated rings. The highest BCUT2D eigenvalue weighted by atomic mass is 15.1. The van der Waals surface area contributed by atoms with Crippen molar-refractivity contribution in [3.63, 3.8) is 0 Å². The summed E-state index contributed by atoms with van der Waals surface area (Å²) in [6.07, 6.45) is 6.25. The van der Waals surface area contributed by atoms with Crippen LogP contribution in [0.25, 0.3) is 11.2 Å². The molecule has 0 spiro atoms. The first kappa shape index (κ1) is 9.78. The van der Waals surface area contributed by atoms with Gasteiger partial charge < -0.3 is 9.88 Å². The lowest BCUT2D eigenvalue weighted by Gasteiger charge is -2.23. The van der Waals surface area contributed by atoms with Crippen molar-refractivity contribution < 1.29 is 0 Å². The van der Waals surface area contributed by atoms with Crippen molar-refractivity contribution >= 4 is 11.2 Å². The molecule has 3 heterocycles. The zero-order valence-electron chi connectivity index (χ0n) is 9.48. The van der Waals surface area contributed by atoms with Crippen molar-refractivity contribution in [3.05, 3.63) is 24.2 Å². The highest BCUT2D eigenvalue weighted by Gasteiger charge is 2.19. The monoisotopic (exact) mass is 216 g/mol. The molecule has 0 saturated carbocycles. The third-order valence-corrected chi connectivity index (χ3v) is 3.37. The molecule has 2 aromatic heterocycles. The van der Waals surface area contributed by atoms with Crippen LogP contribution in [-0.2, 0) is 7.05 Å². The summed E-state index contributed by atoms with van der Waals surface area (Å²) in [5.74, 6) is 0.592. The van der Waals surface area contributed by atoms with E-state index in [1.54, 1.807) is 0 Å². The van der Waals surface area contributed by atoms with Gasteiger partial charge in [0.1, 0.15) is 5.52 Å². The number of nitrogens with zero attached hydrogens (tertiary/aromatic N) is 3. The number of fused-ring (bicyclic) bond motifs is 1. The lowest BCUT2D eigenvalue weighted by Crippen LogP contribution is -2.28. The van der Waals surface area contributed by atoms with Gasteiger partial charge in [0, 0.05) is 19.8 Å². The lowest BCUT2D eigenvalue weighted by molar-refractivity contribution is 0.463. The van der Waals surface area contributed by atoms with Crippen LogP contribution in [0.2, 0.25) is 0 Å². The Hall–Kier alpha value is -1.42. The molecule has 1 aliphatic heterocycles. The molecule has 0 radical (unpaired) electrons. The Morgan fingerprint density at radius 2 is 2.38 bits per heavy atom. The summed E-state index contributed by atoms with van der Waals surface area (Å²) in [5, 5.41) is 3.45. The molecule has 1 saturated heterocycles. The summed E-state index contributed by atoms with van der Waals surface area (Å²) < 4.78 is 1.98. The van der Waals surface area contributed by atoms with Crippen LogP contribution in [-0.4, -0.2) is 27.6 Å². The van der Waals surface area contributed by atoms with Crippen molar-refractivity contribution in [1.82, 2.24) is 19.9 Å². The van der Waals surface area contributed by atoms with Crippen LogP contribution in [0.1, 0.15) is 24.3 Å². The molecule has 1 aliphatic rings. The molecular weight excluding hydrogens is 200 g/mol. The van der Waals surface area contributed by atoms with E-state index in [2.05, 4.69) is 21.4 Å². The predicted octanol–water partition coefficient (Wildman–Crippen LogP) is 1.44.